The summed E-state index contributed by atoms with van der Waals surface area (Å²) in [6.45, 7) is 1.95. The van der Waals surface area contributed by atoms with Crippen LogP contribution in [-0.4, -0.2) is 19.0 Å². The summed E-state index contributed by atoms with van der Waals surface area (Å²) in [6.07, 6.45) is 3.67. The Labute approximate surface area is 153 Å². The zero-order valence-corrected chi connectivity index (χ0v) is 14.5. The summed E-state index contributed by atoms with van der Waals surface area (Å²) in [4.78, 5) is 8.73. The Hall–Kier alpha value is -3.88. The van der Waals surface area contributed by atoms with Crippen LogP contribution in [0.25, 0.3) is 28.0 Å². The molecule has 0 bridgehead atoms. The van der Waals surface area contributed by atoms with Gasteiger partial charge in [-0.15, -0.1) is 0 Å². The van der Waals surface area contributed by atoms with Crippen molar-refractivity contribution in [2.45, 2.75) is 6.92 Å². The first-order chi connectivity index (χ1) is 13.0. The van der Waals surface area contributed by atoms with Gasteiger partial charge >= 0.3 is 0 Å². The molecule has 0 unspecified atom stereocenters. The minimum atomic E-state index is -0.350. The number of aryl methyl sites for hydroxylation is 1. The number of anilines is 1. The molecule has 0 aliphatic heterocycles. The van der Waals surface area contributed by atoms with Crippen LogP contribution in [0.4, 0.5) is 10.3 Å². The zero-order chi connectivity index (χ0) is 19.1. The Kier molecular flexibility index (Phi) is 3.76. The first-order valence-electron chi connectivity index (χ1n) is 8.11. The van der Waals surface area contributed by atoms with Crippen LogP contribution in [0.2, 0.25) is 0 Å². The van der Waals surface area contributed by atoms with Gasteiger partial charge in [0.2, 0.25) is 5.95 Å². The highest BCUT2D eigenvalue weighted by Crippen LogP contribution is 2.29. The number of fused-ring (bicyclic) bond motifs is 1. The number of pyridine rings is 1. The molecule has 0 atom stereocenters. The number of rotatable bonds is 2. The molecular formula is C18H17FN8. The van der Waals surface area contributed by atoms with Gasteiger partial charge in [-0.3, -0.25) is 0 Å². The van der Waals surface area contributed by atoms with E-state index in [0.29, 0.717) is 16.8 Å². The highest BCUT2D eigenvalue weighted by Gasteiger charge is 2.17. The van der Waals surface area contributed by atoms with E-state index in [0.717, 1.165) is 21.6 Å². The Balaban J connectivity index is 2.09. The second kappa shape index (κ2) is 6.13. The average Bonchev–Trinajstić information content (AvgIpc) is 3.04. The molecule has 27 heavy (non-hydrogen) atoms. The number of hydrogen-bond acceptors (Lipinski definition) is 6. The molecule has 3 heterocycles. The van der Waals surface area contributed by atoms with E-state index in [-0.39, 0.29) is 17.3 Å². The lowest BCUT2D eigenvalue weighted by atomic mass is 10.0. The molecule has 0 spiro atoms. The van der Waals surface area contributed by atoms with Gasteiger partial charge in [-0.1, -0.05) is 0 Å². The number of nitrogens with two attached hydrogens (primary N) is 3. The zero-order valence-electron chi connectivity index (χ0n) is 14.5. The van der Waals surface area contributed by atoms with Gasteiger partial charge in [0.05, 0.1) is 11.3 Å². The summed E-state index contributed by atoms with van der Waals surface area (Å²) in [7, 11) is 0. The molecule has 0 amide bonds. The third-order valence-electron chi connectivity index (χ3n) is 4.38. The Morgan fingerprint density at radius 1 is 1.07 bits per heavy atom. The summed E-state index contributed by atoms with van der Waals surface area (Å²) in [5.41, 5.74) is 10.4. The molecule has 1 aromatic carbocycles. The molecule has 4 aromatic rings. The fraction of sp³-hybridized carbons (Fsp3) is 0.0556. The van der Waals surface area contributed by atoms with Gasteiger partial charge in [-0.25, -0.2) is 19.0 Å². The Bertz CT molecular complexity index is 1220. The largest absolute Gasteiger partial charge is 0.368 e. The van der Waals surface area contributed by atoms with Crippen molar-refractivity contribution in [3.63, 3.8) is 0 Å². The van der Waals surface area contributed by atoms with E-state index in [1.165, 1.54) is 12.1 Å². The van der Waals surface area contributed by atoms with Crippen LogP contribution in [0.5, 0.6) is 0 Å². The van der Waals surface area contributed by atoms with Gasteiger partial charge in [0, 0.05) is 29.2 Å². The maximum absolute atomic E-state index is 13.4. The van der Waals surface area contributed by atoms with E-state index < -0.39 is 0 Å². The van der Waals surface area contributed by atoms with Crippen molar-refractivity contribution in [1.82, 2.24) is 19.0 Å². The molecule has 0 aliphatic rings. The quantitative estimate of drug-likeness (QED) is 0.366. The predicted molar refractivity (Wildman–Crippen MR) is 101 cm³/mol. The lowest BCUT2D eigenvalue weighted by molar-refractivity contribution is 0.628. The monoisotopic (exact) mass is 364 g/mol. The molecule has 136 valence electrons. The van der Waals surface area contributed by atoms with Crippen LogP contribution in [0.1, 0.15) is 5.69 Å². The van der Waals surface area contributed by atoms with Crippen molar-refractivity contribution in [2.75, 3.05) is 11.6 Å². The van der Waals surface area contributed by atoms with E-state index in [9.17, 15) is 4.39 Å². The van der Waals surface area contributed by atoms with Gasteiger partial charge < -0.3 is 21.8 Å². The van der Waals surface area contributed by atoms with E-state index in [2.05, 4.69) is 15.1 Å². The molecule has 9 heteroatoms. The van der Waals surface area contributed by atoms with E-state index >= 15 is 0 Å². The molecule has 4 rings (SSSR count). The maximum Gasteiger partial charge on any atom is 0.221 e. The topological polar surface area (TPSA) is 126 Å². The fourth-order valence-corrected chi connectivity index (χ4v) is 3.02. The average molecular weight is 364 g/mol. The smallest absolute Gasteiger partial charge is 0.221 e. The minimum absolute atomic E-state index is 0.0298. The van der Waals surface area contributed by atoms with Crippen LogP contribution in [0.3, 0.4) is 0 Å². The number of aromatic nitrogens is 4. The number of nitrogens with zero attached hydrogens (tertiary/aromatic N) is 5. The number of benzene rings is 1. The van der Waals surface area contributed by atoms with E-state index in [1.54, 1.807) is 18.3 Å². The van der Waals surface area contributed by atoms with Crippen molar-refractivity contribution >= 4 is 11.6 Å². The fourth-order valence-electron chi connectivity index (χ4n) is 3.02. The van der Waals surface area contributed by atoms with Crippen molar-refractivity contribution in [1.29, 1.82) is 0 Å². The molecular weight excluding hydrogens is 347 g/mol. The number of halogens is 1. The van der Waals surface area contributed by atoms with Crippen molar-refractivity contribution < 1.29 is 4.39 Å². The summed E-state index contributed by atoms with van der Waals surface area (Å²) in [5.74, 6) is 11.3. The third-order valence-corrected chi connectivity index (χ3v) is 4.38. The third kappa shape index (κ3) is 2.65. The standard InChI is InChI=1S/C18H17FN8/c1-10-8-23-14-7-4-12(9-26(10)14)15-16(11-2-5-13(19)6-3-11)24-18(20)27(22)17(15)25-21/h2-9H,21-22H2,1H3,(H2,20,24)/b25-17-. The summed E-state index contributed by atoms with van der Waals surface area (Å²) >= 11 is 0. The van der Waals surface area contributed by atoms with Crippen LogP contribution in [-0.2, 0) is 0 Å². The summed E-state index contributed by atoms with van der Waals surface area (Å²) in [5, 5.41) is 3.82. The van der Waals surface area contributed by atoms with Crippen molar-refractivity contribution in [2.24, 2.45) is 10.9 Å². The van der Waals surface area contributed by atoms with Gasteiger partial charge in [0.25, 0.3) is 0 Å². The highest BCUT2D eigenvalue weighted by molar-refractivity contribution is 5.81. The van der Waals surface area contributed by atoms with E-state index in [1.807, 2.05) is 29.7 Å². The first kappa shape index (κ1) is 16.6. The predicted octanol–water partition coefficient (Wildman–Crippen LogP) is 1.38. The van der Waals surface area contributed by atoms with Crippen LogP contribution >= 0.6 is 0 Å². The number of nitrogen functional groups attached to an aromatic ring is 2. The lowest BCUT2D eigenvalue weighted by Gasteiger charge is -2.14. The van der Waals surface area contributed by atoms with E-state index in [4.69, 9.17) is 17.4 Å². The van der Waals surface area contributed by atoms with Gasteiger partial charge in [0.15, 0.2) is 5.49 Å². The molecule has 0 radical (unpaired) electrons. The summed E-state index contributed by atoms with van der Waals surface area (Å²) < 4.78 is 16.4. The molecule has 0 aliphatic carbocycles. The highest BCUT2D eigenvalue weighted by atomic mass is 19.1. The molecule has 3 aromatic heterocycles. The second-order valence-corrected chi connectivity index (χ2v) is 6.07. The molecule has 8 nitrogen and oxygen atoms in total. The molecule has 6 N–H and O–H groups in total. The van der Waals surface area contributed by atoms with Gasteiger partial charge in [-0.05, 0) is 43.3 Å². The Morgan fingerprint density at radius 2 is 1.78 bits per heavy atom. The Morgan fingerprint density at radius 3 is 2.48 bits per heavy atom. The maximum atomic E-state index is 13.4. The second-order valence-electron chi connectivity index (χ2n) is 6.07. The number of imidazole rings is 1. The van der Waals surface area contributed by atoms with Gasteiger partial charge in [0.1, 0.15) is 11.5 Å². The van der Waals surface area contributed by atoms with Crippen molar-refractivity contribution in [3.8, 4) is 22.4 Å². The molecule has 0 fully saturated rings. The van der Waals surface area contributed by atoms with Crippen LogP contribution in [0, 0.1) is 12.7 Å². The summed E-state index contributed by atoms with van der Waals surface area (Å²) in [6, 6.07) is 9.67. The molecule has 0 saturated carbocycles. The normalized spacial score (nSPS) is 12.0. The van der Waals surface area contributed by atoms with Crippen LogP contribution < -0.4 is 22.9 Å². The first-order valence-corrected chi connectivity index (χ1v) is 8.11. The lowest BCUT2D eigenvalue weighted by Crippen LogP contribution is -2.34. The molecule has 0 saturated heterocycles. The van der Waals surface area contributed by atoms with Crippen molar-refractivity contribution in [3.05, 3.63) is 65.8 Å². The SMILES string of the molecule is Cc1cnc2ccc(-c3c(-c4ccc(F)cc4)nc(N)n(N)/c3=N\N)cn12. The van der Waals surface area contributed by atoms with Crippen LogP contribution in [0.15, 0.2) is 53.9 Å². The number of hydrogen-bond donors (Lipinski definition) is 3. The minimum Gasteiger partial charge on any atom is -0.368 e. The van der Waals surface area contributed by atoms with Gasteiger partial charge in [-0.2, -0.15) is 5.10 Å².